The fraction of sp³-hybridized carbons (Fsp3) is 0.500. The van der Waals surface area contributed by atoms with Crippen molar-refractivity contribution in [1.82, 2.24) is 0 Å². The lowest BCUT2D eigenvalue weighted by Gasteiger charge is -2.03. The summed E-state index contributed by atoms with van der Waals surface area (Å²) in [4.78, 5) is 14.6. The monoisotopic (exact) mass is 361 g/mol. The van der Waals surface area contributed by atoms with Gasteiger partial charge in [0.15, 0.2) is 0 Å². The molecular weight excluding hydrogens is 328 g/mol. The van der Waals surface area contributed by atoms with Crippen molar-refractivity contribution in [2.45, 2.75) is 70.8 Å². The van der Waals surface area contributed by atoms with Gasteiger partial charge < -0.3 is 9.90 Å². The molecule has 0 fully saturated rings. The van der Waals surface area contributed by atoms with Crippen molar-refractivity contribution >= 4 is 5.97 Å². The van der Waals surface area contributed by atoms with Crippen molar-refractivity contribution in [3.8, 4) is 0 Å². The normalized spacial score (nSPS) is 13.9. The zero-order valence-corrected chi connectivity index (χ0v) is 15.9. The number of carbonyl (C=O) groups is 1. The summed E-state index contributed by atoms with van der Waals surface area (Å²) in [5, 5.41) is 19.0. The van der Waals surface area contributed by atoms with Crippen LogP contribution in [0.3, 0.4) is 0 Å². The smallest absolute Gasteiger partial charge is 0.115 e. The van der Waals surface area contributed by atoms with Crippen molar-refractivity contribution in [2.75, 3.05) is 0 Å². The van der Waals surface area contributed by atoms with Crippen molar-refractivity contribution in [2.24, 2.45) is 0 Å². The summed E-state index contributed by atoms with van der Waals surface area (Å²) in [6.45, 7) is 2.07. The summed E-state index contributed by atoms with van der Waals surface area (Å²) in [5.74, 6) is -0.958. The van der Waals surface area contributed by atoms with Crippen molar-refractivity contribution < 1.29 is 20.0 Å². The zero-order valence-electron chi connectivity index (χ0n) is 15.9. The molecule has 0 saturated carbocycles. The van der Waals surface area contributed by atoms with E-state index in [0.29, 0.717) is 12.8 Å². The molecule has 1 atom stereocenters. The Kier molecular flexibility index (Phi) is 18.0. The minimum atomic E-state index is -0.958. The van der Waals surface area contributed by atoms with Crippen LogP contribution in [0.4, 0.5) is 0 Å². The summed E-state index contributed by atoms with van der Waals surface area (Å²) in [7, 11) is 0. The summed E-state index contributed by atoms with van der Waals surface area (Å²) in [6.07, 6.45) is 27.2. The fourth-order valence-corrected chi connectivity index (χ4v) is 2.17. The summed E-state index contributed by atoms with van der Waals surface area (Å²) in [5.41, 5.74) is 0. The first-order valence-electron chi connectivity index (χ1n) is 9.49. The maximum Gasteiger partial charge on any atom is 0.115 e. The number of carbonyl (C=O) groups excluding carboxylic acids is 1. The molecule has 0 aliphatic heterocycles. The van der Waals surface area contributed by atoms with Crippen LogP contribution >= 0.6 is 0 Å². The fourth-order valence-electron chi connectivity index (χ4n) is 2.17. The van der Waals surface area contributed by atoms with E-state index in [9.17, 15) is 9.90 Å². The molecule has 26 heavy (non-hydrogen) atoms. The maximum absolute atomic E-state index is 10.3. The second-order valence-corrected chi connectivity index (χ2v) is 5.96. The van der Waals surface area contributed by atoms with Gasteiger partial charge in [-0.05, 0) is 51.4 Å². The molecule has 1 N–H and O–H groups in total. The molecule has 0 aromatic rings. The van der Waals surface area contributed by atoms with Crippen LogP contribution in [0, 0.1) is 0 Å². The van der Waals surface area contributed by atoms with E-state index in [4.69, 9.17) is 5.26 Å². The number of hydrogen-bond donors (Lipinski definition) is 1. The third-order valence-corrected chi connectivity index (χ3v) is 3.61. The molecule has 0 aliphatic carbocycles. The Morgan fingerprint density at radius 1 is 0.962 bits per heavy atom. The second kappa shape index (κ2) is 19.4. The molecule has 0 rings (SSSR count). The highest BCUT2D eigenvalue weighted by Gasteiger charge is 1.99. The number of aliphatic carboxylic acids is 1. The molecule has 0 spiro atoms. The van der Waals surface area contributed by atoms with E-state index >= 15 is 0 Å². The van der Waals surface area contributed by atoms with Crippen LogP contribution in [0.25, 0.3) is 0 Å². The van der Waals surface area contributed by atoms with Gasteiger partial charge in [0.2, 0.25) is 0 Å². The summed E-state index contributed by atoms with van der Waals surface area (Å²) < 4.78 is 0. The molecule has 0 amide bonds. The zero-order chi connectivity index (χ0) is 19.3. The number of carboxylic acid groups (broad SMARTS) is 1. The van der Waals surface area contributed by atoms with Gasteiger partial charge in [0.25, 0.3) is 0 Å². The molecule has 4 heteroatoms. The van der Waals surface area contributed by atoms with Crippen LogP contribution in [0.2, 0.25) is 0 Å². The van der Waals surface area contributed by atoms with Gasteiger partial charge in [-0.15, -0.1) is 0 Å². The van der Waals surface area contributed by atoms with Gasteiger partial charge in [-0.25, -0.2) is 4.89 Å². The first kappa shape index (κ1) is 24.1. The number of carboxylic acids is 1. The largest absolute Gasteiger partial charge is 0.550 e. The van der Waals surface area contributed by atoms with Crippen molar-refractivity contribution in [1.29, 1.82) is 0 Å². The summed E-state index contributed by atoms with van der Waals surface area (Å²) >= 11 is 0. The van der Waals surface area contributed by atoms with E-state index in [1.54, 1.807) is 0 Å². The van der Waals surface area contributed by atoms with E-state index < -0.39 is 5.97 Å². The van der Waals surface area contributed by atoms with Gasteiger partial charge in [-0.1, -0.05) is 74.1 Å². The molecule has 0 aromatic carbocycles. The predicted octanol–water partition coefficient (Wildman–Crippen LogP) is 4.91. The lowest BCUT2D eigenvalue weighted by atomic mass is 10.1. The minimum absolute atomic E-state index is 0.165. The first-order valence-corrected chi connectivity index (χ1v) is 9.49. The molecular formula is C22H33O4-. The lowest BCUT2D eigenvalue weighted by Crippen LogP contribution is -2.21. The molecule has 4 nitrogen and oxygen atoms in total. The van der Waals surface area contributed by atoms with Gasteiger partial charge in [-0.3, -0.25) is 5.26 Å². The molecule has 0 saturated heterocycles. The van der Waals surface area contributed by atoms with Crippen molar-refractivity contribution in [3.05, 3.63) is 60.8 Å². The number of rotatable bonds is 16. The van der Waals surface area contributed by atoms with E-state index in [2.05, 4.69) is 36.1 Å². The topological polar surface area (TPSA) is 69.6 Å². The predicted molar refractivity (Wildman–Crippen MR) is 105 cm³/mol. The van der Waals surface area contributed by atoms with Gasteiger partial charge in [0.1, 0.15) is 6.10 Å². The number of hydrogen-bond acceptors (Lipinski definition) is 4. The Labute approximate surface area is 158 Å². The molecule has 0 radical (unpaired) electrons. The Balaban J connectivity index is 3.68. The van der Waals surface area contributed by atoms with Crippen LogP contribution in [0.1, 0.15) is 64.7 Å². The molecule has 0 aliphatic rings. The molecule has 0 heterocycles. The van der Waals surface area contributed by atoms with Gasteiger partial charge in [0.05, 0.1) is 0 Å². The van der Waals surface area contributed by atoms with Crippen LogP contribution < -0.4 is 5.11 Å². The van der Waals surface area contributed by atoms with E-state index in [1.807, 2.05) is 36.5 Å². The maximum atomic E-state index is 10.3. The molecule has 146 valence electrons. The van der Waals surface area contributed by atoms with Crippen LogP contribution in [-0.4, -0.2) is 17.3 Å². The average molecular weight is 362 g/mol. The quantitative estimate of drug-likeness (QED) is 0.139. The van der Waals surface area contributed by atoms with Crippen molar-refractivity contribution in [3.63, 3.8) is 0 Å². The Hall–Kier alpha value is -1.91. The molecule has 0 bridgehead atoms. The Bertz CT molecular complexity index is 473. The second-order valence-electron chi connectivity index (χ2n) is 5.96. The van der Waals surface area contributed by atoms with Crippen LogP contribution in [0.15, 0.2) is 60.8 Å². The first-order chi connectivity index (χ1) is 12.7. The average Bonchev–Trinajstić information content (AvgIpc) is 2.63. The molecule has 0 unspecified atom stereocenters. The number of unbranched alkanes of at least 4 members (excludes halogenated alkanes) is 3. The minimum Gasteiger partial charge on any atom is -0.550 e. The highest BCUT2D eigenvalue weighted by Crippen LogP contribution is 2.04. The number of allylic oxidation sites excluding steroid dienone is 8. The Morgan fingerprint density at radius 2 is 1.69 bits per heavy atom. The van der Waals surface area contributed by atoms with E-state index in [0.717, 1.165) is 38.5 Å². The highest BCUT2D eigenvalue weighted by molar-refractivity contribution is 5.64. The van der Waals surface area contributed by atoms with Crippen LogP contribution in [-0.2, 0) is 9.68 Å². The molecule has 0 aromatic heterocycles. The summed E-state index contributed by atoms with van der Waals surface area (Å²) in [6, 6.07) is 0. The van der Waals surface area contributed by atoms with Crippen LogP contribution in [0.5, 0.6) is 0 Å². The lowest BCUT2D eigenvalue weighted by molar-refractivity contribution is -0.305. The highest BCUT2D eigenvalue weighted by atomic mass is 17.1. The third-order valence-electron chi connectivity index (χ3n) is 3.61. The van der Waals surface area contributed by atoms with E-state index in [1.165, 1.54) is 0 Å². The Morgan fingerprint density at radius 3 is 2.38 bits per heavy atom. The third kappa shape index (κ3) is 18.4. The SMILES string of the molecule is CC/C=C\C[C@@H](/C=C/C=C\C/C=C\C/C=C\CCCCCC(=O)[O-])OO. The van der Waals surface area contributed by atoms with Gasteiger partial charge in [0, 0.05) is 5.97 Å². The van der Waals surface area contributed by atoms with Gasteiger partial charge >= 0.3 is 0 Å². The standard InChI is InChI=1S/C22H34O4/c1-2-3-15-18-21(26-25)19-16-13-11-9-7-5-4-6-8-10-12-14-17-20-22(23)24/h3,5-8,11,13,15-16,19,21,25H,2,4,9-10,12,14,17-18,20H2,1H3,(H,23,24)/p-1/b7-5-,8-6-,13-11-,15-3-,19-16+/t21-/m0/s1. The van der Waals surface area contributed by atoms with E-state index in [-0.39, 0.29) is 12.5 Å². The van der Waals surface area contributed by atoms with Gasteiger partial charge in [-0.2, -0.15) is 0 Å².